The first-order valence-corrected chi connectivity index (χ1v) is 9.03. The van der Waals surface area contributed by atoms with Crippen LogP contribution in [0.2, 0.25) is 0 Å². The predicted molar refractivity (Wildman–Crippen MR) is 96.7 cm³/mol. The lowest BCUT2D eigenvalue weighted by Crippen LogP contribution is -3.14. The van der Waals surface area contributed by atoms with Crippen LogP contribution in [0.4, 0.5) is 5.82 Å². The highest BCUT2D eigenvalue weighted by Gasteiger charge is 2.19. The first-order chi connectivity index (χ1) is 11.6. The number of hydrogen-bond donors (Lipinski definition) is 2. The van der Waals surface area contributed by atoms with Gasteiger partial charge in [-0.1, -0.05) is 13.8 Å². The van der Waals surface area contributed by atoms with Crippen molar-refractivity contribution in [3.8, 4) is 0 Å². The summed E-state index contributed by atoms with van der Waals surface area (Å²) < 4.78 is 7.81. The summed E-state index contributed by atoms with van der Waals surface area (Å²) in [5.74, 6) is 1.55. The highest BCUT2D eigenvalue weighted by Crippen LogP contribution is 2.28. The van der Waals surface area contributed by atoms with E-state index in [1.165, 1.54) is 16.6 Å². The fourth-order valence-electron chi connectivity index (χ4n) is 3.36. The van der Waals surface area contributed by atoms with Gasteiger partial charge in [0.2, 0.25) is 0 Å². The van der Waals surface area contributed by atoms with Gasteiger partial charge in [0.25, 0.3) is 0 Å². The van der Waals surface area contributed by atoms with Crippen LogP contribution in [0.25, 0.3) is 11.0 Å². The first-order valence-electron chi connectivity index (χ1n) is 9.03. The fourth-order valence-corrected chi connectivity index (χ4v) is 3.36. The number of morpholine rings is 1. The van der Waals surface area contributed by atoms with E-state index >= 15 is 0 Å². The molecule has 0 saturated carbocycles. The van der Waals surface area contributed by atoms with E-state index in [1.54, 1.807) is 11.2 Å². The SMILES string of the molecule is Cc1c(C)n(CC[NH+]2CCOCC2)c2ncnc(NCC(C)C)c12. The summed E-state index contributed by atoms with van der Waals surface area (Å²) in [7, 11) is 0. The number of nitrogens with one attached hydrogen (secondary N) is 2. The van der Waals surface area contributed by atoms with E-state index in [1.807, 2.05) is 0 Å². The Balaban J connectivity index is 1.85. The summed E-state index contributed by atoms with van der Waals surface area (Å²) in [6.07, 6.45) is 1.68. The Morgan fingerprint density at radius 2 is 2.00 bits per heavy atom. The summed E-state index contributed by atoms with van der Waals surface area (Å²) in [5.41, 5.74) is 3.64. The monoisotopic (exact) mass is 332 g/mol. The molecule has 0 atom stereocenters. The lowest BCUT2D eigenvalue weighted by molar-refractivity contribution is -0.908. The Hall–Kier alpha value is -1.66. The summed E-state index contributed by atoms with van der Waals surface area (Å²) in [5, 5.41) is 4.66. The molecule has 6 heteroatoms. The molecule has 0 spiro atoms. The lowest BCUT2D eigenvalue weighted by Gasteiger charge is -2.24. The number of ether oxygens (including phenoxy) is 1. The zero-order valence-corrected chi connectivity index (χ0v) is 15.4. The number of rotatable bonds is 6. The maximum absolute atomic E-state index is 5.46. The number of hydrogen-bond acceptors (Lipinski definition) is 4. The van der Waals surface area contributed by atoms with Gasteiger partial charge in [0.1, 0.15) is 30.9 Å². The first kappa shape index (κ1) is 17.2. The number of anilines is 1. The molecular formula is C18H30N5O+. The topological polar surface area (TPSA) is 56.4 Å². The van der Waals surface area contributed by atoms with Gasteiger partial charge >= 0.3 is 0 Å². The second kappa shape index (κ2) is 7.49. The average molecular weight is 332 g/mol. The van der Waals surface area contributed by atoms with Crippen LogP contribution < -0.4 is 10.2 Å². The van der Waals surface area contributed by atoms with Crippen molar-refractivity contribution in [1.29, 1.82) is 0 Å². The van der Waals surface area contributed by atoms with Gasteiger partial charge in [-0.2, -0.15) is 0 Å². The summed E-state index contributed by atoms with van der Waals surface area (Å²) in [6.45, 7) is 15.8. The number of aryl methyl sites for hydroxylation is 1. The molecule has 132 valence electrons. The van der Waals surface area contributed by atoms with E-state index in [0.29, 0.717) is 5.92 Å². The van der Waals surface area contributed by atoms with Crippen LogP contribution in [0.3, 0.4) is 0 Å². The van der Waals surface area contributed by atoms with Gasteiger partial charge in [0, 0.05) is 12.2 Å². The van der Waals surface area contributed by atoms with Crippen molar-refractivity contribution in [2.75, 3.05) is 44.7 Å². The third-order valence-electron chi connectivity index (χ3n) is 4.97. The molecule has 0 bridgehead atoms. The molecule has 0 unspecified atom stereocenters. The third kappa shape index (κ3) is 3.54. The Morgan fingerprint density at radius 3 is 2.71 bits per heavy atom. The van der Waals surface area contributed by atoms with Crippen LogP contribution >= 0.6 is 0 Å². The van der Waals surface area contributed by atoms with Crippen LogP contribution in [0.5, 0.6) is 0 Å². The maximum Gasteiger partial charge on any atom is 0.146 e. The highest BCUT2D eigenvalue weighted by molar-refractivity contribution is 5.91. The molecule has 2 aromatic rings. The van der Waals surface area contributed by atoms with Crippen LogP contribution in [0, 0.1) is 19.8 Å². The van der Waals surface area contributed by atoms with Gasteiger partial charge in [-0.15, -0.1) is 0 Å². The van der Waals surface area contributed by atoms with Crippen molar-refractivity contribution in [2.45, 2.75) is 34.2 Å². The Morgan fingerprint density at radius 1 is 1.25 bits per heavy atom. The fraction of sp³-hybridized carbons (Fsp3) is 0.667. The summed E-state index contributed by atoms with van der Waals surface area (Å²) in [4.78, 5) is 10.7. The van der Waals surface area contributed by atoms with E-state index < -0.39 is 0 Å². The van der Waals surface area contributed by atoms with Gasteiger partial charge in [-0.25, -0.2) is 9.97 Å². The van der Waals surface area contributed by atoms with E-state index in [2.05, 4.69) is 47.5 Å². The molecule has 3 heterocycles. The van der Waals surface area contributed by atoms with E-state index in [0.717, 1.165) is 57.4 Å². The van der Waals surface area contributed by atoms with Crippen LogP contribution in [0.1, 0.15) is 25.1 Å². The second-order valence-electron chi connectivity index (χ2n) is 7.17. The van der Waals surface area contributed by atoms with Crippen molar-refractivity contribution in [3.05, 3.63) is 17.6 Å². The van der Waals surface area contributed by atoms with Gasteiger partial charge in [0.05, 0.1) is 31.7 Å². The zero-order chi connectivity index (χ0) is 17.1. The van der Waals surface area contributed by atoms with Crippen molar-refractivity contribution >= 4 is 16.9 Å². The molecule has 0 radical (unpaired) electrons. The van der Waals surface area contributed by atoms with Crippen molar-refractivity contribution in [3.63, 3.8) is 0 Å². The van der Waals surface area contributed by atoms with Crippen LogP contribution in [0.15, 0.2) is 6.33 Å². The molecule has 1 fully saturated rings. The normalized spacial score (nSPS) is 16.2. The molecule has 3 rings (SSSR count). The Labute approximate surface area is 144 Å². The predicted octanol–water partition coefficient (Wildman–Crippen LogP) is 1.03. The Bertz CT molecular complexity index is 688. The van der Waals surface area contributed by atoms with Crippen LogP contribution in [-0.2, 0) is 11.3 Å². The average Bonchev–Trinajstić information content (AvgIpc) is 2.84. The molecule has 0 amide bonds. The highest BCUT2D eigenvalue weighted by atomic mass is 16.5. The van der Waals surface area contributed by atoms with Gasteiger partial charge in [-0.3, -0.25) is 0 Å². The largest absolute Gasteiger partial charge is 0.370 e. The van der Waals surface area contributed by atoms with E-state index in [-0.39, 0.29) is 0 Å². The van der Waals surface area contributed by atoms with Crippen molar-refractivity contribution in [1.82, 2.24) is 14.5 Å². The molecule has 1 saturated heterocycles. The molecule has 0 aromatic carbocycles. The molecule has 0 aliphatic carbocycles. The quantitative estimate of drug-likeness (QED) is 0.830. The summed E-state index contributed by atoms with van der Waals surface area (Å²) >= 11 is 0. The number of fused-ring (bicyclic) bond motifs is 1. The second-order valence-corrected chi connectivity index (χ2v) is 7.17. The summed E-state index contributed by atoms with van der Waals surface area (Å²) in [6, 6.07) is 0. The number of nitrogens with zero attached hydrogens (tertiary/aromatic N) is 3. The maximum atomic E-state index is 5.46. The number of quaternary nitrogens is 1. The lowest BCUT2D eigenvalue weighted by atomic mass is 10.2. The van der Waals surface area contributed by atoms with Gasteiger partial charge in [-0.05, 0) is 25.3 Å². The van der Waals surface area contributed by atoms with Gasteiger partial charge in [0.15, 0.2) is 0 Å². The van der Waals surface area contributed by atoms with E-state index in [9.17, 15) is 0 Å². The minimum Gasteiger partial charge on any atom is -0.370 e. The van der Waals surface area contributed by atoms with Crippen molar-refractivity contribution < 1.29 is 9.64 Å². The standard InChI is InChI=1S/C18H29N5O/c1-13(2)11-19-17-16-14(3)15(4)23(18(16)21-12-20-17)6-5-22-7-9-24-10-8-22/h12-13H,5-11H2,1-4H3,(H,19,20,21)/p+1. The van der Waals surface area contributed by atoms with E-state index in [4.69, 9.17) is 4.74 Å². The minimum atomic E-state index is 0.587. The Kier molecular flexibility index (Phi) is 5.36. The zero-order valence-electron chi connectivity index (χ0n) is 15.4. The molecule has 2 N–H and O–H groups in total. The molecule has 6 nitrogen and oxygen atoms in total. The van der Waals surface area contributed by atoms with Crippen molar-refractivity contribution in [2.24, 2.45) is 5.92 Å². The van der Waals surface area contributed by atoms with Gasteiger partial charge < -0.3 is 19.5 Å². The smallest absolute Gasteiger partial charge is 0.146 e. The molecular weight excluding hydrogens is 302 g/mol. The van der Waals surface area contributed by atoms with Crippen LogP contribution in [-0.4, -0.2) is 53.9 Å². The minimum absolute atomic E-state index is 0.587. The molecule has 1 aliphatic heterocycles. The molecule has 1 aliphatic rings. The molecule has 2 aromatic heterocycles. The third-order valence-corrected chi connectivity index (χ3v) is 4.97. The molecule has 24 heavy (non-hydrogen) atoms. The number of aromatic nitrogens is 3.